The summed E-state index contributed by atoms with van der Waals surface area (Å²) in [7, 11) is 0. The second-order valence-electron chi connectivity index (χ2n) is 7.71. The van der Waals surface area contributed by atoms with Crippen molar-refractivity contribution in [3.63, 3.8) is 0 Å². The highest BCUT2D eigenvalue weighted by Gasteiger charge is 2.22. The van der Waals surface area contributed by atoms with Crippen molar-refractivity contribution in [3.05, 3.63) is 45.6 Å². The van der Waals surface area contributed by atoms with Gasteiger partial charge in [-0.25, -0.2) is 9.48 Å². The maximum Gasteiger partial charge on any atom is 0.345 e. The summed E-state index contributed by atoms with van der Waals surface area (Å²) in [4.78, 5) is 24.8. The number of aryl methyl sites for hydroxylation is 2. The molecule has 1 amide bonds. The minimum absolute atomic E-state index is 0.0352. The highest BCUT2D eigenvalue weighted by atomic mass is 35.5. The topological polar surface area (TPSA) is 81.0 Å². The van der Waals surface area contributed by atoms with Crippen LogP contribution in [0.4, 0.5) is 5.69 Å². The predicted molar refractivity (Wildman–Crippen MR) is 111 cm³/mol. The molecule has 152 valence electrons. The summed E-state index contributed by atoms with van der Waals surface area (Å²) in [5.41, 5.74) is 0.814. The van der Waals surface area contributed by atoms with E-state index in [9.17, 15) is 9.59 Å². The average molecular weight is 406 g/mol. The maximum atomic E-state index is 12.5. The molecule has 0 spiro atoms. The third-order valence-electron chi connectivity index (χ3n) is 5.00. The number of carbonyl (C=O) groups is 1. The number of hydrogen-bond donors (Lipinski definition) is 2. The molecule has 1 aliphatic rings. The number of nitrogens with one attached hydrogen (secondary N) is 2. The van der Waals surface area contributed by atoms with Crippen molar-refractivity contribution in [1.82, 2.24) is 19.7 Å². The van der Waals surface area contributed by atoms with E-state index in [0.717, 1.165) is 30.8 Å². The Morgan fingerprint density at radius 3 is 2.75 bits per heavy atom. The number of halogens is 1. The molecular weight excluding hydrogens is 378 g/mol. The fourth-order valence-corrected chi connectivity index (χ4v) is 3.45. The first-order valence-electron chi connectivity index (χ1n) is 9.87. The molecule has 2 heterocycles. The van der Waals surface area contributed by atoms with Gasteiger partial charge in [-0.1, -0.05) is 25.4 Å². The lowest BCUT2D eigenvalue weighted by Crippen LogP contribution is -2.39. The normalized spacial score (nSPS) is 16.5. The smallest absolute Gasteiger partial charge is 0.345 e. The van der Waals surface area contributed by atoms with Gasteiger partial charge in [0.15, 0.2) is 0 Å². The highest BCUT2D eigenvalue weighted by Crippen LogP contribution is 2.14. The van der Waals surface area contributed by atoms with E-state index in [1.807, 2.05) is 12.1 Å². The first-order chi connectivity index (χ1) is 13.4. The number of benzene rings is 1. The van der Waals surface area contributed by atoms with Crippen LogP contribution in [0.25, 0.3) is 0 Å². The molecule has 0 aliphatic carbocycles. The average Bonchev–Trinajstić information content (AvgIpc) is 2.82. The van der Waals surface area contributed by atoms with Crippen LogP contribution in [0, 0.1) is 5.92 Å². The van der Waals surface area contributed by atoms with Crippen LogP contribution in [-0.4, -0.2) is 32.8 Å². The number of anilines is 1. The van der Waals surface area contributed by atoms with Crippen molar-refractivity contribution in [3.8, 4) is 0 Å². The van der Waals surface area contributed by atoms with E-state index in [2.05, 4.69) is 29.6 Å². The SMILES string of the molecule is CC(C)CCn1nc2n(c1=O)CCC(NC(=O)CNc1ccc(Cl)cc1)CC2. The van der Waals surface area contributed by atoms with Gasteiger partial charge in [0.1, 0.15) is 5.82 Å². The van der Waals surface area contributed by atoms with E-state index >= 15 is 0 Å². The van der Waals surface area contributed by atoms with Crippen molar-refractivity contribution in [2.24, 2.45) is 5.92 Å². The number of aromatic nitrogens is 3. The third kappa shape index (κ3) is 5.38. The fourth-order valence-electron chi connectivity index (χ4n) is 3.33. The lowest BCUT2D eigenvalue weighted by atomic mass is 10.1. The number of fused-ring (bicyclic) bond motifs is 1. The summed E-state index contributed by atoms with van der Waals surface area (Å²) in [5.74, 6) is 1.30. The van der Waals surface area contributed by atoms with Gasteiger partial charge in [-0.3, -0.25) is 9.36 Å². The van der Waals surface area contributed by atoms with E-state index in [-0.39, 0.29) is 24.2 Å². The molecule has 2 N–H and O–H groups in total. The van der Waals surface area contributed by atoms with Crippen molar-refractivity contribution in [2.45, 2.75) is 58.7 Å². The molecule has 0 saturated heterocycles. The van der Waals surface area contributed by atoms with Crippen LogP contribution in [0.2, 0.25) is 5.02 Å². The van der Waals surface area contributed by atoms with Gasteiger partial charge in [-0.05, 0) is 49.4 Å². The quantitative estimate of drug-likeness (QED) is 0.742. The molecule has 2 aromatic rings. The Kier molecular flexibility index (Phi) is 6.78. The molecule has 1 aromatic heterocycles. The molecule has 0 bridgehead atoms. The van der Waals surface area contributed by atoms with E-state index < -0.39 is 0 Å². The Morgan fingerprint density at radius 2 is 2.04 bits per heavy atom. The highest BCUT2D eigenvalue weighted by molar-refractivity contribution is 6.30. The minimum atomic E-state index is -0.0613. The van der Waals surface area contributed by atoms with Gasteiger partial charge in [0.05, 0.1) is 6.54 Å². The van der Waals surface area contributed by atoms with Crippen molar-refractivity contribution < 1.29 is 4.79 Å². The Hall–Kier alpha value is -2.28. The zero-order valence-electron chi connectivity index (χ0n) is 16.4. The zero-order valence-corrected chi connectivity index (χ0v) is 17.2. The molecule has 7 nitrogen and oxygen atoms in total. The Balaban J connectivity index is 1.50. The van der Waals surface area contributed by atoms with Gasteiger partial charge >= 0.3 is 5.69 Å². The first-order valence-corrected chi connectivity index (χ1v) is 10.3. The van der Waals surface area contributed by atoms with Crippen LogP contribution >= 0.6 is 11.6 Å². The summed E-state index contributed by atoms with van der Waals surface area (Å²) in [6, 6.07) is 7.28. The number of carbonyl (C=O) groups excluding carboxylic acids is 1. The second-order valence-corrected chi connectivity index (χ2v) is 8.14. The van der Waals surface area contributed by atoms with E-state index in [4.69, 9.17) is 11.6 Å². The van der Waals surface area contributed by atoms with E-state index in [1.165, 1.54) is 0 Å². The molecule has 3 rings (SSSR count). The first kappa shape index (κ1) is 20.5. The molecule has 1 aromatic carbocycles. The van der Waals surface area contributed by atoms with Gasteiger partial charge < -0.3 is 10.6 Å². The molecular formula is C20H28ClN5O2. The fraction of sp³-hybridized carbons (Fsp3) is 0.550. The Bertz CT molecular complexity index is 856. The third-order valence-corrected chi connectivity index (χ3v) is 5.25. The van der Waals surface area contributed by atoms with Crippen LogP contribution in [-0.2, 0) is 24.3 Å². The summed E-state index contributed by atoms with van der Waals surface area (Å²) >= 11 is 5.86. The summed E-state index contributed by atoms with van der Waals surface area (Å²) in [6.45, 7) is 5.73. The molecule has 1 unspecified atom stereocenters. The zero-order chi connectivity index (χ0) is 20.1. The number of rotatable bonds is 7. The predicted octanol–water partition coefficient (Wildman–Crippen LogP) is 2.68. The van der Waals surface area contributed by atoms with Crippen LogP contribution < -0.4 is 16.3 Å². The number of amides is 1. The van der Waals surface area contributed by atoms with Gasteiger partial charge in [0, 0.05) is 36.3 Å². The van der Waals surface area contributed by atoms with Crippen LogP contribution in [0.15, 0.2) is 29.1 Å². The van der Waals surface area contributed by atoms with E-state index in [1.54, 1.807) is 21.4 Å². The lowest BCUT2D eigenvalue weighted by Gasteiger charge is -2.16. The molecule has 8 heteroatoms. The van der Waals surface area contributed by atoms with Crippen LogP contribution in [0.5, 0.6) is 0 Å². The molecule has 0 radical (unpaired) electrons. The molecule has 1 aliphatic heterocycles. The largest absolute Gasteiger partial charge is 0.376 e. The van der Waals surface area contributed by atoms with Gasteiger partial charge in [-0.15, -0.1) is 0 Å². The van der Waals surface area contributed by atoms with Crippen molar-refractivity contribution in [1.29, 1.82) is 0 Å². The molecule has 0 saturated carbocycles. The second kappa shape index (κ2) is 9.28. The minimum Gasteiger partial charge on any atom is -0.376 e. The number of nitrogens with zero attached hydrogens (tertiary/aromatic N) is 3. The van der Waals surface area contributed by atoms with Gasteiger partial charge in [0.2, 0.25) is 5.91 Å². The summed E-state index contributed by atoms with van der Waals surface area (Å²) in [5, 5.41) is 11.3. The maximum absolute atomic E-state index is 12.5. The van der Waals surface area contributed by atoms with Crippen molar-refractivity contribution >= 4 is 23.2 Å². The van der Waals surface area contributed by atoms with Crippen LogP contribution in [0.3, 0.4) is 0 Å². The monoisotopic (exact) mass is 405 g/mol. The summed E-state index contributed by atoms with van der Waals surface area (Å²) in [6.07, 6.45) is 3.15. The van der Waals surface area contributed by atoms with E-state index in [0.29, 0.717) is 30.5 Å². The Morgan fingerprint density at radius 1 is 1.29 bits per heavy atom. The summed E-state index contributed by atoms with van der Waals surface area (Å²) < 4.78 is 3.35. The molecule has 0 fully saturated rings. The van der Waals surface area contributed by atoms with Gasteiger partial charge in [-0.2, -0.15) is 5.10 Å². The lowest BCUT2D eigenvalue weighted by molar-refractivity contribution is -0.120. The molecule has 1 atom stereocenters. The number of hydrogen-bond acceptors (Lipinski definition) is 4. The van der Waals surface area contributed by atoms with Crippen molar-refractivity contribution in [2.75, 3.05) is 11.9 Å². The molecule has 28 heavy (non-hydrogen) atoms. The van der Waals surface area contributed by atoms with Crippen LogP contribution in [0.1, 0.15) is 38.9 Å². The Labute approximate surface area is 170 Å². The standard InChI is InChI=1S/C20H28ClN5O2/c1-14(2)9-12-26-20(28)25-11-10-17(7-8-18(25)24-26)23-19(27)13-22-16-5-3-15(21)4-6-16/h3-6,14,17,22H,7-13H2,1-2H3,(H,23,27). The van der Waals surface area contributed by atoms with Gasteiger partial charge in [0.25, 0.3) is 0 Å².